The topological polar surface area (TPSA) is 45.3 Å². The molecule has 3 saturated heterocycles. The van der Waals surface area contributed by atoms with E-state index in [1.807, 2.05) is 46.5 Å². The van der Waals surface area contributed by atoms with Crippen LogP contribution in [0.4, 0.5) is 11.4 Å². The third kappa shape index (κ3) is 5.95. The summed E-state index contributed by atoms with van der Waals surface area (Å²) in [5.41, 5.74) is 8.17. The van der Waals surface area contributed by atoms with Crippen molar-refractivity contribution < 1.29 is 14.5 Å². The fourth-order valence-electron chi connectivity index (χ4n) is 9.64. The van der Waals surface area contributed by atoms with Gasteiger partial charge in [0.2, 0.25) is 0 Å². The number of anilines is 2. The number of carbonyl (C=O) groups is 1. The fraction of sp³-hybridized carbons (Fsp3) is 0.260. The summed E-state index contributed by atoms with van der Waals surface area (Å²) in [7, 11) is 2.14. The number of rotatable bonds is 6. The Morgan fingerprint density at radius 1 is 0.518 bits per heavy atom. The lowest BCUT2D eigenvalue weighted by Gasteiger charge is -2.51. The van der Waals surface area contributed by atoms with E-state index in [2.05, 4.69) is 161 Å². The first-order chi connectivity index (χ1) is 27.2. The molecule has 0 bridgehead atoms. The largest absolute Gasteiger partial charge is 0.302 e. The Balaban J connectivity index is 1.33. The summed E-state index contributed by atoms with van der Waals surface area (Å²) >= 11 is 0. The van der Waals surface area contributed by atoms with Crippen LogP contribution in [0.1, 0.15) is 68.6 Å². The first kappa shape index (κ1) is 36.1. The minimum atomic E-state index is -1.31. The Kier molecular flexibility index (Phi) is 9.16. The average Bonchev–Trinajstić information content (AvgIpc) is 3.73. The second-order valence-electron chi connectivity index (χ2n) is 16.3. The van der Waals surface area contributed by atoms with E-state index in [1.165, 1.54) is 11.1 Å². The molecular formula is C50H49N3O3. The molecule has 0 amide bonds. The standard InChI is InChI=1S/C50H49N3O3/c1-34-16-24-38(25-17-34)44-45(39-26-18-35(2)19-27-39)52(42-12-8-6-9-13-42)56-50(44)33-51(5)32-49(48(50)54)46(40-28-20-36(3)21-29-40)53(43-14-10-7-11-15-43)55-47(49)41-30-22-37(4)23-31-41/h6-31,44-47H,32-33H2,1-5H3/t44-,45-,46-,47+,49-,50+/m1/s1. The Labute approximate surface area is 330 Å². The lowest BCUT2D eigenvalue weighted by atomic mass is 9.58. The van der Waals surface area contributed by atoms with Crippen molar-refractivity contribution in [3.63, 3.8) is 0 Å². The summed E-state index contributed by atoms with van der Waals surface area (Å²) in [6.07, 6.45) is -0.618. The van der Waals surface area contributed by atoms with Crippen molar-refractivity contribution >= 4 is 17.2 Å². The predicted octanol–water partition coefficient (Wildman–Crippen LogP) is 10.4. The summed E-state index contributed by atoms with van der Waals surface area (Å²) in [4.78, 5) is 34.1. The second-order valence-corrected chi connectivity index (χ2v) is 16.3. The van der Waals surface area contributed by atoms with Gasteiger partial charge in [-0.05, 0) is 81.3 Å². The van der Waals surface area contributed by atoms with Crippen molar-refractivity contribution in [2.45, 2.75) is 57.4 Å². The first-order valence-electron chi connectivity index (χ1n) is 19.7. The van der Waals surface area contributed by atoms with Crippen molar-refractivity contribution in [2.75, 3.05) is 30.3 Å². The number of benzene rings is 6. The van der Waals surface area contributed by atoms with Crippen molar-refractivity contribution in [1.29, 1.82) is 0 Å². The quantitative estimate of drug-likeness (QED) is 0.170. The summed E-state index contributed by atoms with van der Waals surface area (Å²) in [5, 5.41) is 4.05. The number of nitrogens with zero attached hydrogens (tertiary/aromatic N) is 3. The Morgan fingerprint density at radius 3 is 1.48 bits per heavy atom. The van der Waals surface area contributed by atoms with E-state index in [4.69, 9.17) is 9.68 Å². The second kappa shape index (κ2) is 14.2. The minimum Gasteiger partial charge on any atom is -0.302 e. The van der Waals surface area contributed by atoms with Gasteiger partial charge in [-0.25, -0.2) is 10.1 Å². The molecule has 0 aliphatic carbocycles. The average molecular weight is 740 g/mol. The first-order valence-corrected chi connectivity index (χ1v) is 19.7. The molecule has 6 nitrogen and oxygen atoms in total. The molecule has 6 aromatic carbocycles. The molecule has 3 fully saturated rings. The smallest absolute Gasteiger partial charge is 0.182 e. The molecule has 0 radical (unpaired) electrons. The maximum Gasteiger partial charge on any atom is 0.182 e. The van der Waals surface area contributed by atoms with Gasteiger partial charge < -0.3 is 4.90 Å². The van der Waals surface area contributed by atoms with Crippen LogP contribution in [-0.4, -0.2) is 36.4 Å². The molecule has 6 atom stereocenters. The van der Waals surface area contributed by atoms with E-state index in [1.54, 1.807) is 0 Å². The van der Waals surface area contributed by atoms with Gasteiger partial charge >= 0.3 is 0 Å². The number of Topliss-reactive ketones (excluding diaryl/α,β-unsaturated/α-hetero) is 1. The van der Waals surface area contributed by atoms with Crippen molar-refractivity contribution in [1.82, 2.24) is 4.90 Å². The number of hydrogen-bond donors (Lipinski definition) is 0. The van der Waals surface area contributed by atoms with E-state index in [-0.39, 0.29) is 17.7 Å². The Hall–Kier alpha value is -5.53. The number of aryl methyl sites for hydroxylation is 4. The highest BCUT2D eigenvalue weighted by Gasteiger charge is 2.73. The van der Waals surface area contributed by atoms with Crippen LogP contribution in [0.25, 0.3) is 0 Å². The summed E-state index contributed by atoms with van der Waals surface area (Å²) in [6, 6.07) is 54.3. The Bertz CT molecular complexity index is 2310. The molecule has 56 heavy (non-hydrogen) atoms. The van der Waals surface area contributed by atoms with Crippen LogP contribution < -0.4 is 10.1 Å². The number of ketones is 1. The maximum absolute atomic E-state index is 17.0. The highest BCUT2D eigenvalue weighted by atomic mass is 16.7. The van der Waals surface area contributed by atoms with Gasteiger partial charge in [0, 0.05) is 13.1 Å². The molecule has 0 N–H and O–H groups in total. The van der Waals surface area contributed by atoms with Gasteiger partial charge in [0.05, 0.1) is 29.4 Å². The Morgan fingerprint density at radius 2 is 0.964 bits per heavy atom. The van der Waals surface area contributed by atoms with Crippen LogP contribution in [0, 0.1) is 33.1 Å². The van der Waals surface area contributed by atoms with Crippen LogP contribution in [0.3, 0.4) is 0 Å². The molecule has 9 rings (SSSR count). The molecule has 3 aliphatic rings. The summed E-state index contributed by atoms with van der Waals surface area (Å²) in [5.74, 6) is -0.319. The summed E-state index contributed by atoms with van der Waals surface area (Å²) in [6.45, 7) is 9.30. The molecule has 6 heteroatoms. The number of piperidine rings is 1. The van der Waals surface area contributed by atoms with Gasteiger partial charge in [0.1, 0.15) is 11.5 Å². The van der Waals surface area contributed by atoms with E-state index in [0.29, 0.717) is 13.1 Å². The molecule has 6 aromatic rings. The normalized spacial score (nSPS) is 26.4. The number of hydroxylamine groups is 2. The van der Waals surface area contributed by atoms with Gasteiger partial charge in [-0.3, -0.25) is 14.5 Å². The number of para-hydroxylation sites is 2. The highest BCUT2D eigenvalue weighted by Crippen LogP contribution is 2.65. The third-order valence-corrected chi connectivity index (χ3v) is 12.2. The van der Waals surface area contributed by atoms with Crippen molar-refractivity contribution in [3.05, 3.63) is 202 Å². The number of likely N-dealkylation sites (tertiary alicyclic amines) is 1. The molecule has 3 heterocycles. The lowest BCUT2D eigenvalue weighted by Crippen LogP contribution is -2.67. The lowest BCUT2D eigenvalue weighted by molar-refractivity contribution is -0.171. The fourth-order valence-corrected chi connectivity index (χ4v) is 9.64. The van der Waals surface area contributed by atoms with Crippen molar-refractivity contribution in [2.24, 2.45) is 5.41 Å². The van der Waals surface area contributed by atoms with Crippen LogP contribution in [0.5, 0.6) is 0 Å². The van der Waals surface area contributed by atoms with Gasteiger partial charge in [0.15, 0.2) is 11.4 Å². The maximum atomic E-state index is 17.0. The van der Waals surface area contributed by atoms with Gasteiger partial charge in [-0.2, -0.15) is 0 Å². The molecule has 3 aliphatic heterocycles. The minimum absolute atomic E-state index is 0.0544. The summed E-state index contributed by atoms with van der Waals surface area (Å²) < 4.78 is 0. The van der Waals surface area contributed by atoms with E-state index in [9.17, 15) is 0 Å². The number of carbonyl (C=O) groups excluding carboxylic acids is 1. The van der Waals surface area contributed by atoms with Gasteiger partial charge in [-0.1, -0.05) is 156 Å². The molecular weight excluding hydrogens is 691 g/mol. The van der Waals surface area contributed by atoms with Gasteiger partial charge in [-0.15, -0.1) is 0 Å². The molecule has 0 aromatic heterocycles. The third-order valence-electron chi connectivity index (χ3n) is 12.2. The van der Waals surface area contributed by atoms with Gasteiger partial charge in [0.25, 0.3) is 0 Å². The van der Waals surface area contributed by atoms with E-state index >= 15 is 4.79 Å². The molecule has 282 valence electrons. The zero-order valence-electron chi connectivity index (χ0n) is 32.8. The molecule has 2 spiro atoms. The predicted molar refractivity (Wildman–Crippen MR) is 223 cm³/mol. The molecule has 0 unspecified atom stereocenters. The van der Waals surface area contributed by atoms with Crippen LogP contribution in [0.2, 0.25) is 0 Å². The van der Waals surface area contributed by atoms with Crippen LogP contribution in [-0.2, 0) is 14.5 Å². The number of likely N-dealkylation sites (N-methyl/N-ethyl adjacent to an activating group) is 1. The van der Waals surface area contributed by atoms with E-state index < -0.39 is 23.2 Å². The highest BCUT2D eigenvalue weighted by molar-refractivity contribution is 5.98. The SMILES string of the molecule is Cc1ccc([C@@H]2[C@@H](c3ccc(C)cc3)[C@]3(CN(C)C[C@]4(C3=O)[C@H](c3ccc(C)cc3)ON(c3ccccc3)[C@@H]4c3ccc(C)cc3)ON2c2ccccc2)cc1. The zero-order valence-corrected chi connectivity index (χ0v) is 32.8. The van der Waals surface area contributed by atoms with E-state index in [0.717, 1.165) is 44.8 Å². The monoisotopic (exact) mass is 739 g/mol. The zero-order chi connectivity index (χ0) is 38.6. The molecule has 0 saturated carbocycles. The number of hydrogen-bond acceptors (Lipinski definition) is 6. The van der Waals surface area contributed by atoms with Crippen molar-refractivity contribution in [3.8, 4) is 0 Å². The van der Waals surface area contributed by atoms with Crippen LogP contribution in [0.15, 0.2) is 158 Å². The van der Waals surface area contributed by atoms with Crippen LogP contribution >= 0.6 is 0 Å².